The van der Waals surface area contributed by atoms with Gasteiger partial charge in [-0.2, -0.15) is 13.2 Å². The number of hydrogen-bond acceptors (Lipinski definition) is 4. The second-order valence-corrected chi connectivity index (χ2v) is 7.31. The number of rotatable bonds is 5. The summed E-state index contributed by atoms with van der Waals surface area (Å²) in [5.74, 6) is -2.41. The zero-order valence-electron chi connectivity index (χ0n) is 15.2. The quantitative estimate of drug-likeness (QED) is 0.358. The molecule has 1 aromatic carbocycles. The van der Waals surface area contributed by atoms with E-state index in [1.54, 1.807) is 18.2 Å². The predicted octanol–water partition coefficient (Wildman–Crippen LogP) is 4.15. The van der Waals surface area contributed by atoms with E-state index >= 15 is 0 Å². The minimum absolute atomic E-state index is 0.0834. The molecule has 0 spiro atoms. The number of carbonyl (C=O) groups excluding carboxylic acids is 1. The number of aliphatic hydroxyl groups is 1. The summed E-state index contributed by atoms with van der Waals surface area (Å²) < 4.78 is 67.4. The molecule has 30 heavy (non-hydrogen) atoms. The van der Waals surface area contributed by atoms with Gasteiger partial charge < -0.3 is 5.11 Å². The molecule has 2 N–H and O–H groups in total. The lowest BCUT2D eigenvalue weighted by molar-refractivity contribution is -0.222. The normalized spacial score (nSPS) is 14.5. The topological polar surface area (TPSA) is 65.5 Å². The highest BCUT2D eigenvalue weighted by Gasteiger charge is 2.48. The first-order valence-electron chi connectivity index (χ1n) is 8.34. The van der Waals surface area contributed by atoms with E-state index in [4.69, 9.17) is 12.2 Å². The number of benzene rings is 1. The monoisotopic (exact) mass is 511 g/mol. The molecule has 162 valence electrons. The summed E-state index contributed by atoms with van der Waals surface area (Å²) in [6.07, 6.45) is -11.6. The fourth-order valence-corrected chi connectivity index (χ4v) is 3.10. The SMILES string of the molecule is CC([C@@H](F)[C@@H](O)C(F)(F)F)N(C(=S)NC(=O)c1ccccc1)c1nc(Br)ccc1F. The number of nitrogens with one attached hydrogen (secondary N) is 1. The Labute approximate surface area is 182 Å². The van der Waals surface area contributed by atoms with Crippen LogP contribution in [0, 0.1) is 5.82 Å². The van der Waals surface area contributed by atoms with Crippen molar-refractivity contribution in [3.8, 4) is 0 Å². The third kappa shape index (κ3) is 5.70. The molecule has 2 aromatic rings. The van der Waals surface area contributed by atoms with E-state index in [2.05, 4.69) is 26.2 Å². The van der Waals surface area contributed by atoms with Crippen LogP contribution in [0.2, 0.25) is 0 Å². The molecule has 0 aliphatic carbocycles. The summed E-state index contributed by atoms with van der Waals surface area (Å²) in [4.78, 5) is 16.7. The summed E-state index contributed by atoms with van der Waals surface area (Å²) in [6, 6.07) is 7.95. The van der Waals surface area contributed by atoms with Crippen LogP contribution >= 0.6 is 28.1 Å². The van der Waals surface area contributed by atoms with Crippen LogP contribution in [-0.2, 0) is 0 Å². The maximum Gasteiger partial charge on any atom is 0.417 e. The van der Waals surface area contributed by atoms with Crippen LogP contribution in [0.25, 0.3) is 0 Å². The Kier molecular flexibility index (Phi) is 7.83. The summed E-state index contributed by atoms with van der Waals surface area (Å²) in [6.45, 7) is 0.947. The van der Waals surface area contributed by atoms with Gasteiger partial charge in [-0.3, -0.25) is 15.0 Å². The number of carbonyl (C=O) groups is 1. The highest BCUT2D eigenvalue weighted by molar-refractivity contribution is 9.10. The second kappa shape index (κ2) is 9.75. The number of halogens is 6. The minimum atomic E-state index is -5.27. The van der Waals surface area contributed by atoms with Gasteiger partial charge in [-0.15, -0.1) is 0 Å². The average molecular weight is 512 g/mol. The molecular weight excluding hydrogens is 497 g/mol. The molecular formula is C18H15BrF5N3O2S. The van der Waals surface area contributed by atoms with Crippen molar-refractivity contribution in [2.75, 3.05) is 4.90 Å². The minimum Gasteiger partial charge on any atom is -0.381 e. The van der Waals surface area contributed by atoms with Crippen LogP contribution < -0.4 is 10.2 Å². The van der Waals surface area contributed by atoms with E-state index in [9.17, 15) is 31.9 Å². The van der Waals surface area contributed by atoms with Crippen LogP contribution in [0.1, 0.15) is 17.3 Å². The number of amides is 1. The Morgan fingerprint density at radius 3 is 2.40 bits per heavy atom. The van der Waals surface area contributed by atoms with Crippen LogP contribution in [0.4, 0.5) is 27.8 Å². The van der Waals surface area contributed by atoms with Crippen molar-refractivity contribution in [2.45, 2.75) is 31.4 Å². The standard InChI is InChI=1S/C18H15BrF5N3O2S/c1-9(13(21)14(28)18(22,23)24)27(15-11(20)7-8-12(19)25-15)17(30)26-16(29)10-5-3-2-4-6-10/h2-9,13-14,28H,1H3,(H,26,29,30)/t9?,13-,14-/m1/s1. The van der Waals surface area contributed by atoms with E-state index in [-0.39, 0.29) is 10.2 Å². The molecule has 3 atom stereocenters. The first-order chi connectivity index (χ1) is 13.9. The molecule has 0 bridgehead atoms. The van der Waals surface area contributed by atoms with Crippen molar-refractivity contribution < 1.29 is 31.9 Å². The van der Waals surface area contributed by atoms with Gasteiger partial charge in [-0.25, -0.2) is 13.8 Å². The number of thiocarbonyl (C=S) groups is 1. The Morgan fingerprint density at radius 2 is 1.83 bits per heavy atom. The Morgan fingerprint density at radius 1 is 1.23 bits per heavy atom. The largest absolute Gasteiger partial charge is 0.417 e. The maximum atomic E-state index is 14.5. The summed E-state index contributed by atoms with van der Waals surface area (Å²) >= 11 is 8.04. The molecule has 5 nitrogen and oxygen atoms in total. The fraction of sp³-hybridized carbons (Fsp3) is 0.278. The molecule has 1 aromatic heterocycles. The summed E-state index contributed by atoms with van der Waals surface area (Å²) in [7, 11) is 0. The third-order valence-electron chi connectivity index (χ3n) is 4.00. The van der Waals surface area contributed by atoms with Crippen LogP contribution in [-0.4, -0.2) is 45.6 Å². The van der Waals surface area contributed by atoms with E-state index in [0.29, 0.717) is 4.90 Å². The fourth-order valence-electron chi connectivity index (χ4n) is 2.46. The van der Waals surface area contributed by atoms with E-state index in [0.717, 1.165) is 13.0 Å². The molecule has 12 heteroatoms. The van der Waals surface area contributed by atoms with Crippen molar-refractivity contribution >= 4 is 45.0 Å². The van der Waals surface area contributed by atoms with Crippen molar-refractivity contribution in [1.29, 1.82) is 0 Å². The Bertz CT molecular complexity index is 916. The van der Waals surface area contributed by atoms with Gasteiger partial charge in [0.15, 0.2) is 29.0 Å². The second-order valence-electron chi connectivity index (χ2n) is 6.11. The third-order valence-corrected chi connectivity index (χ3v) is 4.74. The van der Waals surface area contributed by atoms with E-state index < -0.39 is 47.1 Å². The van der Waals surface area contributed by atoms with Gasteiger partial charge >= 0.3 is 6.18 Å². The molecule has 0 radical (unpaired) electrons. The first-order valence-corrected chi connectivity index (χ1v) is 9.54. The Balaban J connectivity index is 2.42. The smallest absolute Gasteiger partial charge is 0.381 e. The number of pyridine rings is 1. The van der Waals surface area contributed by atoms with Gasteiger partial charge in [-0.05, 0) is 59.3 Å². The number of alkyl halides is 4. The molecule has 0 saturated carbocycles. The highest BCUT2D eigenvalue weighted by Crippen LogP contribution is 2.30. The van der Waals surface area contributed by atoms with E-state index in [1.165, 1.54) is 18.2 Å². The van der Waals surface area contributed by atoms with Crippen molar-refractivity contribution in [3.05, 3.63) is 58.4 Å². The zero-order chi connectivity index (χ0) is 22.6. The number of aliphatic hydroxyl groups excluding tert-OH is 1. The predicted molar refractivity (Wildman–Crippen MR) is 107 cm³/mol. The van der Waals surface area contributed by atoms with E-state index in [1.807, 2.05) is 0 Å². The van der Waals surface area contributed by atoms with Crippen LogP contribution in [0.5, 0.6) is 0 Å². The van der Waals surface area contributed by atoms with Gasteiger partial charge in [0.05, 0.1) is 6.04 Å². The Hall–Kier alpha value is -2.18. The molecule has 0 fully saturated rings. The lowest BCUT2D eigenvalue weighted by Crippen LogP contribution is -2.55. The van der Waals surface area contributed by atoms with Crippen molar-refractivity contribution in [3.63, 3.8) is 0 Å². The highest BCUT2D eigenvalue weighted by atomic mass is 79.9. The molecule has 2 rings (SSSR count). The maximum absolute atomic E-state index is 14.5. The van der Waals surface area contributed by atoms with Gasteiger partial charge in [-0.1, -0.05) is 18.2 Å². The van der Waals surface area contributed by atoms with Crippen molar-refractivity contribution in [1.82, 2.24) is 10.3 Å². The van der Waals surface area contributed by atoms with Gasteiger partial charge in [0.1, 0.15) is 4.60 Å². The van der Waals surface area contributed by atoms with Gasteiger partial charge in [0, 0.05) is 5.56 Å². The van der Waals surface area contributed by atoms with Crippen LogP contribution in [0.15, 0.2) is 47.1 Å². The lowest BCUT2D eigenvalue weighted by atomic mass is 10.1. The number of nitrogens with zero attached hydrogens (tertiary/aromatic N) is 2. The zero-order valence-corrected chi connectivity index (χ0v) is 17.6. The molecule has 1 amide bonds. The molecule has 0 aliphatic heterocycles. The number of anilines is 1. The van der Waals surface area contributed by atoms with Crippen LogP contribution in [0.3, 0.4) is 0 Å². The summed E-state index contributed by atoms with van der Waals surface area (Å²) in [5.41, 5.74) is 0.155. The molecule has 0 aliphatic rings. The molecule has 1 heterocycles. The molecule has 0 saturated heterocycles. The first kappa shape index (κ1) is 24.1. The number of hydrogen-bond donors (Lipinski definition) is 2. The van der Waals surface area contributed by atoms with Gasteiger partial charge in [0.2, 0.25) is 0 Å². The summed E-state index contributed by atoms with van der Waals surface area (Å²) in [5, 5.41) is 10.9. The van der Waals surface area contributed by atoms with Gasteiger partial charge in [0.25, 0.3) is 5.91 Å². The molecule has 1 unspecified atom stereocenters. The lowest BCUT2D eigenvalue weighted by Gasteiger charge is -2.34. The van der Waals surface area contributed by atoms with Crippen molar-refractivity contribution in [2.24, 2.45) is 0 Å². The average Bonchev–Trinajstić information content (AvgIpc) is 2.69. The number of aromatic nitrogens is 1.